The summed E-state index contributed by atoms with van der Waals surface area (Å²) in [4.78, 5) is 1.02. The first kappa shape index (κ1) is 14.5. The van der Waals surface area contributed by atoms with Crippen molar-refractivity contribution in [2.24, 2.45) is 0 Å². The van der Waals surface area contributed by atoms with E-state index in [1.165, 1.54) is 0 Å². The van der Waals surface area contributed by atoms with Crippen LogP contribution in [-0.4, -0.2) is 26.8 Å². The molecular formula is C11H17BrN2O2S2. The van der Waals surface area contributed by atoms with Crippen molar-refractivity contribution in [2.75, 3.05) is 12.3 Å². The van der Waals surface area contributed by atoms with Gasteiger partial charge in [0, 0.05) is 17.5 Å². The van der Waals surface area contributed by atoms with Crippen molar-refractivity contribution in [3.63, 3.8) is 0 Å². The van der Waals surface area contributed by atoms with Crippen LogP contribution in [0.5, 0.6) is 0 Å². The number of hydrogen-bond acceptors (Lipinski definition) is 4. The molecule has 2 heterocycles. The average Bonchev–Trinajstić information content (AvgIpc) is 2.74. The van der Waals surface area contributed by atoms with Gasteiger partial charge in [0.05, 0.1) is 9.54 Å². The monoisotopic (exact) mass is 352 g/mol. The van der Waals surface area contributed by atoms with Gasteiger partial charge in [-0.3, -0.25) is 0 Å². The Balaban J connectivity index is 1.83. The molecule has 18 heavy (non-hydrogen) atoms. The highest BCUT2D eigenvalue weighted by Crippen LogP contribution is 2.22. The highest BCUT2D eigenvalue weighted by molar-refractivity contribution is 9.11. The predicted molar refractivity (Wildman–Crippen MR) is 78.3 cm³/mol. The molecule has 1 unspecified atom stereocenters. The van der Waals surface area contributed by atoms with Crippen molar-refractivity contribution in [3.05, 3.63) is 20.8 Å². The first-order valence-corrected chi connectivity index (χ1v) is 9.26. The summed E-state index contributed by atoms with van der Waals surface area (Å²) < 4.78 is 27.5. The Morgan fingerprint density at radius 1 is 1.44 bits per heavy atom. The maximum Gasteiger partial charge on any atom is 0.213 e. The quantitative estimate of drug-likeness (QED) is 0.852. The van der Waals surface area contributed by atoms with Crippen LogP contribution >= 0.6 is 27.3 Å². The normalized spacial score (nSPS) is 21.1. The lowest BCUT2D eigenvalue weighted by molar-refractivity contribution is 0.422. The minimum atomic E-state index is -3.19. The van der Waals surface area contributed by atoms with Gasteiger partial charge in [0.1, 0.15) is 0 Å². The standard InChI is InChI=1S/C11H17BrN2O2S2/c12-11-5-4-10(17-11)7-14-18(15,16)8-9-3-1-2-6-13-9/h4-5,9,13-14H,1-3,6-8H2. The molecule has 0 aromatic carbocycles. The summed E-state index contributed by atoms with van der Waals surface area (Å²) in [5.41, 5.74) is 0. The van der Waals surface area contributed by atoms with Gasteiger partial charge >= 0.3 is 0 Å². The summed E-state index contributed by atoms with van der Waals surface area (Å²) in [6.45, 7) is 1.31. The maximum absolute atomic E-state index is 11.9. The zero-order valence-corrected chi connectivity index (χ0v) is 13.2. The topological polar surface area (TPSA) is 58.2 Å². The van der Waals surface area contributed by atoms with Crippen LogP contribution in [0.1, 0.15) is 24.1 Å². The Kier molecular flexibility index (Phi) is 5.20. The Labute approximate surface area is 120 Å². The van der Waals surface area contributed by atoms with E-state index in [1.807, 2.05) is 12.1 Å². The van der Waals surface area contributed by atoms with Gasteiger partial charge in [0.2, 0.25) is 10.0 Å². The molecule has 1 atom stereocenters. The number of sulfonamides is 1. The SMILES string of the molecule is O=S(=O)(CC1CCCCN1)NCc1ccc(Br)s1. The minimum absolute atomic E-state index is 0.103. The van der Waals surface area contributed by atoms with E-state index in [1.54, 1.807) is 11.3 Å². The maximum atomic E-state index is 11.9. The number of rotatable bonds is 5. The van der Waals surface area contributed by atoms with Gasteiger partial charge in [-0.25, -0.2) is 13.1 Å². The van der Waals surface area contributed by atoms with E-state index in [0.29, 0.717) is 6.54 Å². The molecule has 0 radical (unpaired) electrons. The van der Waals surface area contributed by atoms with Crippen LogP contribution < -0.4 is 10.0 Å². The molecule has 4 nitrogen and oxygen atoms in total. The van der Waals surface area contributed by atoms with E-state index in [9.17, 15) is 8.42 Å². The number of halogens is 1. The first-order valence-electron chi connectivity index (χ1n) is 6.00. The molecular weight excluding hydrogens is 336 g/mol. The van der Waals surface area contributed by atoms with Crippen LogP contribution in [0.3, 0.4) is 0 Å². The molecule has 0 aliphatic carbocycles. The average molecular weight is 353 g/mol. The molecule has 0 bridgehead atoms. The van der Waals surface area contributed by atoms with Crippen LogP contribution in [0.2, 0.25) is 0 Å². The van der Waals surface area contributed by atoms with Crippen molar-refractivity contribution < 1.29 is 8.42 Å². The van der Waals surface area contributed by atoms with E-state index in [0.717, 1.165) is 34.5 Å². The van der Waals surface area contributed by atoms with Crippen molar-refractivity contribution >= 4 is 37.3 Å². The summed E-state index contributed by atoms with van der Waals surface area (Å²) in [7, 11) is -3.19. The highest BCUT2D eigenvalue weighted by Gasteiger charge is 2.20. The van der Waals surface area contributed by atoms with Gasteiger partial charge in [-0.05, 0) is 47.4 Å². The molecule has 7 heteroatoms. The van der Waals surface area contributed by atoms with Crippen LogP contribution in [0.15, 0.2) is 15.9 Å². The van der Waals surface area contributed by atoms with Crippen LogP contribution in [0.4, 0.5) is 0 Å². The molecule has 1 aliphatic heterocycles. The lowest BCUT2D eigenvalue weighted by Crippen LogP contribution is -2.42. The lowest BCUT2D eigenvalue weighted by Gasteiger charge is -2.23. The Hall–Kier alpha value is 0.0500. The van der Waals surface area contributed by atoms with Gasteiger partial charge in [-0.1, -0.05) is 6.42 Å². The van der Waals surface area contributed by atoms with Gasteiger partial charge in [-0.2, -0.15) is 0 Å². The van der Waals surface area contributed by atoms with Crippen molar-refractivity contribution in [3.8, 4) is 0 Å². The predicted octanol–water partition coefficient (Wildman–Crippen LogP) is 2.07. The highest BCUT2D eigenvalue weighted by atomic mass is 79.9. The van der Waals surface area contributed by atoms with E-state index in [4.69, 9.17) is 0 Å². The molecule has 0 amide bonds. The number of nitrogens with one attached hydrogen (secondary N) is 2. The largest absolute Gasteiger partial charge is 0.313 e. The molecule has 1 saturated heterocycles. The fraction of sp³-hybridized carbons (Fsp3) is 0.636. The summed E-state index contributed by atoms with van der Waals surface area (Å²) in [6.07, 6.45) is 3.21. The molecule has 2 rings (SSSR count). The summed E-state index contributed by atoms with van der Waals surface area (Å²) in [6, 6.07) is 3.96. The van der Waals surface area contributed by atoms with Crippen LogP contribution in [0.25, 0.3) is 0 Å². The lowest BCUT2D eigenvalue weighted by atomic mass is 10.1. The molecule has 102 valence electrons. The molecule has 1 aliphatic rings. The fourth-order valence-electron chi connectivity index (χ4n) is 2.02. The number of hydrogen-bond donors (Lipinski definition) is 2. The van der Waals surface area contributed by atoms with Crippen LogP contribution in [-0.2, 0) is 16.6 Å². The summed E-state index contributed by atoms with van der Waals surface area (Å²) in [5, 5.41) is 3.25. The zero-order chi connectivity index (χ0) is 13.0. The van der Waals surface area contributed by atoms with E-state index >= 15 is 0 Å². The Morgan fingerprint density at radius 3 is 2.89 bits per heavy atom. The van der Waals surface area contributed by atoms with Gasteiger partial charge in [0.25, 0.3) is 0 Å². The third-order valence-corrected chi connectivity index (χ3v) is 5.98. The van der Waals surface area contributed by atoms with Crippen molar-refractivity contribution in [1.82, 2.24) is 10.0 Å². The second-order valence-electron chi connectivity index (χ2n) is 4.46. The van der Waals surface area contributed by atoms with E-state index < -0.39 is 10.0 Å². The third kappa shape index (κ3) is 4.62. The zero-order valence-electron chi connectivity index (χ0n) is 9.99. The van der Waals surface area contributed by atoms with E-state index in [2.05, 4.69) is 26.0 Å². The van der Waals surface area contributed by atoms with Gasteiger partial charge < -0.3 is 5.32 Å². The minimum Gasteiger partial charge on any atom is -0.313 e. The molecule has 1 fully saturated rings. The van der Waals surface area contributed by atoms with Crippen LogP contribution in [0, 0.1) is 0 Å². The third-order valence-electron chi connectivity index (χ3n) is 2.93. The Morgan fingerprint density at radius 2 is 2.28 bits per heavy atom. The fourth-order valence-corrected chi connectivity index (χ4v) is 4.84. The number of piperidine rings is 1. The van der Waals surface area contributed by atoms with E-state index in [-0.39, 0.29) is 11.8 Å². The van der Waals surface area contributed by atoms with Crippen molar-refractivity contribution in [2.45, 2.75) is 31.8 Å². The second-order valence-corrected chi connectivity index (χ2v) is 8.85. The second kappa shape index (κ2) is 6.47. The summed E-state index contributed by atoms with van der Waals surface area (Å²) >= 11 is 4.91. The molecule has 1 aromatic heterocycles. The van der Waals surface area contributed by atoms with Gasteiger partial charge in [0.15, 0.2) is 0 Å². The number of thiophene rings is 1. The smallest absolute Gasteiger partial charge is 0.213 e. The molecule has 0 saturated carbocycles. The van der Waals surface area contributed by atoms with Crippen molar-refractivity contribution in [1.29, 1.82) is 0 Å². The summed E-state index contributed by atoms with van der Waals surface area (Å²) in [5.74, 6) is 0.180. The molecule has 1 aromatic rings. The Bertz CT molecular complexity index is 481. The first-order chi connectivity index (χ1) is 8.55. The van der Waals surface area contributed by atoms with Gasteiger partial charge in [-0.15, -0.1) is 11.3 Å². The molecule has 0 spiro atoms. The molecule has 2 N–H and O–H groups in total.